The van der Waals surface area contributed by atoms with Crippen molar-refractivity contribution < 1.29 is 0 Å². The standard InChI is InChI=1S/C19H13N3/c1-3-8-14(9-4-1)17-18(15-10-5-2-6-11-15)22-19-16(21-17)12-7-13-20-19/h1-6,8-11H,13H2,(H,20,22). The number of hydrogen-bond donors (Lipinski definition) is 1. The second-order valence-electron chi connectivity index (χ2n) is 5.01. The third-order valence-electron chi connectivity index (χ3n) is 3.54. The minimum atomic E-state index is 0.612. The number of anilines is 1. The quantitative estimate of drug-likeness (QED) is 0.778. The van der Waals surface area contributed by atoms with Crippen LogP contribution < -0.4 is 5.32 Å². The minimum Gasteiger partial charge on any atom is -0.368 e. The van der Waals surface area contributed by atoms with Crippen molar-refractivity contribution in [1.82, 2.24) is 9.97 Å². The van der Waals surface area contributed by atoms with Gasteiger partial charge in [0.1, 0.15) is 5.82 Å². The van der Waals surface area contributed by atoms with Crippen molar-refractivity contribution in [1.29, 1.82) is 0 Å². The summed E-state index contributed by atoms with van der Waals surface area (Å²) in [6.45, 7) is 0.612. The Bertz CT molecular complexity index is 714. The van der Waals surface area contributed by atoms with E-state index in [0.717, 1.165) is 28.3 Å². The molecule has 3 aromatic rings. The molecule has 0 fully saturated rings. The zero-order chi connectivity index (χ0) is 14.8. The van der Waals surface area contributed by atoms with Crippen LogP contribution in [0.25, 0.3) is 22.5 Å². The van der Waals surface area contributed by atoms with Gasteiger partial charge in [-0.1, -0.05) is 60.7 Å². The number of nitrogens with one attached hydrogen (secondary N) is 1. The monoisotopic (exact) mass is 283 g/mol. The van der Waals surface area contributed by atoms with Gasteiger partial charge in [0.15, 0.2) is 0 Å². The number of benzene rings is 2. The van der Waals surface area contributed by atoms with Gasteiger partial charge < -0.3 is 5.32 Å². The maximum Gasteiger partial charge on any atom is 0.149 e. The van der Waals surface area contributed by atoms with Crippen molar-refractivity contribution in [2.75, 3.05) is 11.9 Å². The molecule has 0 atom stereocenters. The van der Waals surface area contributed by atoms with Crippen LogP contribution in [0.4, 0.5) is 5.82 Å². The average molecular weight is 283 g/mol. The molecule has 4 rings (SSSR count). The molecule has 0 saturated heterocycles. The molecule has 1 N–H and O–H groups in total. The van der Waals surface area contributed by atoms with Crippen molar-refractivity contribution in [3.05, 3.63) is 79.2 Å². The number of nitrogens with zero attached hydrogens (tertiary/aromatic N) is 2. The second kappa shape index (κ2) is 5.60. The van der Waals surface area contributed by atoms with Gasteiger partial charge >= 0.3 is 0 Å². The van der Waals surface area contributed by atoms with Crippen molar-refractivity contribution in [3.8, 4) is 22.5 Å². The predicted octanol–water partition coefficient (Wildman–Crippen LogP) is 3.75. The number of hydrogen-bond acceptors (Lipinski definition) is 3. The predicted molar refractivity (Wildman–Crippen MR) is 87.0 cm³/mol. The van der Waals surface area contributed by atoms with Crippen LogP contribution in [0.5, 0.6) is 0 Å². The molecule has 3 nitrogen and oxygen atoms in total. The molecule has 0 amide bonds. The lowest BCUT2D eigenvalue weighted by atomic mass is 10.0. The topological polar surface area (TPSA) is 37.8 Å². The highest BCUT2D eigenvalue weighted by molar-refractivity contribution is 5.79. The summed E-state index contributed by atoms with van der Waals surface area (Å²) in [5.41, 5.74) is 4.55. The Morgan fingerprint density at radius 1 is 0.773 bits per heavy atom. The Morgan fingerprint density at radius 3 is 2.00 bits per heavy atom. The van der Waals surface area contributed by atoms with Gasteiger partial charge in [-0.2, -0.15) is 0 Å². The molecule has 2 aromatic carbocycles. The lowest BCUT2D eigenvalue weighted by molar-refractivity contribution is 1.04. The molecule has 104 valence electrons. The van der Waals surface area contributed by atoms with E-state index in [9.17, 15) is 0 Å². The van der Waals surface area contributed by atoms with Gasteiger partial charge in [-0.25, -0.2) is 9.97 Å². The van der Waals surface area contributed by atoms with Crippen molar-refractivity contribution >= 4 is 5.82 Å². The molecular weight excluding hydrogens is 270 g/mol. The minimum absolute atomic E-state index is 0.612. The first-order chi connectivity index (χ1) is 10.9. The summed E-state index contributed by atoms with van der Waals surface area (Å²) < 4.78 is 0. The smallest absolute Gasteiger partial charge is 0.149 e. The van der Waals surface area contributed by atoms with Crippen LogP contribution in [0, 0.1) is 12.8 Å². The van der Waals surface area contributed by atoms with Crippen molar-refractivity contribution in [2.45, 2.75) is 0 Å². The molecule has 0 unspecified atom stereocenters. The summed E-state index contributed by atoms with van der Waals surface area (Å²) in [5, 5.41) is 3.20. The molecule has 2 heterocycles. The Balaban J connectivity index is 1.95. The van der Waals surface area contributed by atoms with Crippen LogP contribution in [0.2, 0.25) is 0 Å². The van der Waals surface area contributed by atoms with Gasteiger partial charge in [-0.05, 0) is 0 Å². The van der Waals surface area contributed by atoms with Gasteiger partial charge in [0.25, 0.3) is 0 Å². The van der Waals surface area contributed by atoms with E-state index in [0.29, 0.717) is 12.2 Å². The van der Waals surface area contributed by atoms with Crippen molar-refractivity contribution in [3.63, 3.8) is 0 Å². The summed E-state index contributed by atoms with van der Waals surface area (Å²) in [4.78, 5) is 9.54. The Hall–Kier alpha value is -2.68. The summed E-state index contributed by atoms with van der Waals surface area (Å²) in [6, 6.07) is 20.2. The molecular formula is C19H13N3. The number of rotatable bonds is 2. The van der Waals surface area contributed by atoms with Crippen LogP contribution in [0.1, 0.15) is 5.69 Å². The highest BCUT2D eigenvalue weighted by Gasteiger charge is 2.19. The van der Waals surface area contributed by atoms with Crippen LogP contribution in [-0.4, -0.2) is 16.5 Å². The first-order valence-electron chi connectivity index (χ1n) is 7.17. The first-order valence-corrected chi connectivity index (χ1v) is 7.17. The van der Waals surface area contributed by atoms with E-state index in [1.54, 1.807) is 0 Å². The zero-order valence-electron chi connectivity index (χ0n) is 11.9. The zero-order valence-corrected chi connectivity index (χ0v) is 11.9. The maximum absolute atomic E-state index is 4.78. The number of fused-ring (bicyclic) bond motifs is 1. The third-order valence-corrected chi connectivity index (χ3v) is 3.54. The molecule has 3 heteroatoms. The van der Waals surface area contributed by atoms with Gasteiger partial charge in [-0.15, -0.1) is 0 Å². The molecule has 0 bridgehead atoms. The Kier molecular flexibility index (Phi) is 3.31. The van der Waals surface area contributed by atoms with Crippen molar-refractivity contribution in [2.24, 2.45) is 0 Å². The highest BCUT2D eigenvalue weighted by Crippen LogP contribution is 2.32. The summed E-state index contributed by atoms with van der Waals surface area (Å²) >= 11 is 0. The van der Waals surface area contributed by atoms with E-state index in [2.05, 4.69) is 30.3 Å². The third kappa shape index (κ3) is 2.35. The number of aromatic nitrogens is 2. The fraction of sp³-hybridized carbons (Fsp3) is 0.0526. The SMILES string of the molecule is [C]1[C]c2nc(-c3ccccc3)c(-c3ccccc3)nc2NC1. The molecule has 1 aliphatic rings. The molecule has 0 saturated carbocycles. The first kappa shape index (κ1) is 13.0. The van der Waals surface area contributed by atoms with Crippen LogP contribution in [0.15, 0.2) is 60.7 Å². The average Bonchev–Trinajstić information content (AvgIpc) is 2.62. The second-order valence-corrected chi connectivity index (χ2v) is 5.01. The van der Waals surface area contributed by atoms with Crippen LogP contribution in [-0.2, 0) is 0 Å². The lowest BCUT2D eigenvalue weighted by Gasteiger charge is -2.18. The molecule has 1 aromatic heterocycles. The summed E-state index contributed by atoms with van der Waals surface area (Å²) in [7, 11) is 0. The molecule has 0 aliphatic carbocycles. The van der Waals surface area contributed by atoms with Gasteiger partial charge in [0, 0.05) is 24.1 Å². The summed E-state index contributed by atoms with van der Waals surface area (Å²) in [5.74, 6) is 0.761. The molecule has 4 radical (unpaired) electrons. The molecule has 0 spiro atoms. The van der Waals surface area contributed by atoms with E-state index in [4.69, 9.17) is 9.97 Å². The van der Waals surface area contributed by atoms with E-state index >= 15 is 0 Å². The fourth-order valence-corrected chi connectivity index (χ4v) is 2.50. The fourth-order valence-electron chi connectivity index (χ4n) is 2.50. The highest BCUT2D eigenvalue weighted by atomic mass is 15.0. The molecule has 22 heavy (non-hydrogen) atoms. The Labute approximate surface area is 130 Å². The van der Waals surface area contributed by atoms with Gasteiger partial charge in [0.05, 0.1) is 23.5 Å². The van der Waals surface area contributed by atoms with Crippen LogP contribution >= 0.6 is 0 Å². The van der Waals surface area contributed by atoms with E-state index < -0.39 is 0 Å². The maximum atomic E-state index is 4.78. The molecule has 1 aliphatic heterocycles. The van der Waals surface area contributed by atoms with Crippen LogP contribution in [0.3, 0.4) is 0 Å². The lowest BCUT2D eigenvalue weighted by Crippen LogP contribution is -2.15. The van der Waals surface area contributed by atoms with E-state index in [1.807, 2.05) is 48.5 Å². The van der Waals surface area contributed by atoms with E-state index in [1.165, 1.54) is 0 Å². The largest absolute Gasteiger partial charge is 0.368 e. The van der Waals surface area contributed by atoms with Gasteiger partial charge in [-0.3, -0.25) is 0 Å². The normalized spacial score (nSPS) is 13.3. The van der Waals surface area contributed by atoms with Gasteiger partial charge in [0.2, 0.25) is 0 Å². The Morgan fingerprint density at radius 2 is 1.36 bits per heavy atom. The van der Waals surface area contributed by atoms with E-state index in [-0.39, 0.29) is 0 Å². The summed E-state index contributed by atoms with van der Waals surface area (Å²) in [6.07, 6.45) is 6.08.